The highest BCUT2D eigenvalue weighted by Gasteiger charge is 2.12. The summed E-state index contributed by atoms with van der Waals surface area (Å²) in [4.78, 5) is 1.34. The van der Waals surface area contributed by atoms with E-state index < -0.39 is 6.43 Å². The molecule has 1 N–H and O–H groups in total. The minimum absolute atomic E-state index is 0.354. The molecule has 13 heavy (non-hydrogen) atoms. The van der Waals surface area contributed by atoms with Crippen LogP contribution in [0.3, 0.4) is 0 Å². The number of nitrogens with zero attached hydrogens (tertiary/aromatic N) is 3. The number of H-pyrrole nitrogens is 1. The average Bonchev–Trinajstić information content (AvgIpc) is 2.31. The van der Waals surface area contributed by atoms with E-state index in [4.69, 9.17) is 12.2 Å². The zero-order valence-corrected chi connectivity index (χ0v) is 8.11. The summed E-state index contributed by atoms with van der Waals surface area (Å²) in [6.45, 7) is -0.354. The first-order valence-electron chi connectivity index (χ1n) is 3.63. The van der Waals surface area contributed by atoms with Crippen molar-refractivity contribution in [3.05, 3.63) is 4.77 Å². The molecule has 1 aromatic heterocycles. The van der Waals surface area contributed by atoms with Crippen LogP contribution in [0.15, 0.2) is 0 Å². The van der Waals surface area contributed by atoms with Crippen molar-refractivity contribution in [3.63, 3.8) is 0 Å². The molecule has 1 rings (SSSR count). The maximum atomic E-state index is 12.0. The summed E-state index contributed by atoms with van der Waals surface area (Å²) in [6, 6.07) is 0. The summed E-state index contributed by atoms with van der Waals surface area (Å²) >= 11 is 4.84. The number of alkyl halides is 2. The molecule has 1 aromatic rings. The normalized spacial score (nSPS) is 10.8. The SMILES string of the molecule is CN(CC(F)F)c1n[nH]c(=S)n1C. The molecule has 0 radical (unpaired) electrons. The maximum Gasteiger partial charge on any atom is 0.255 e. The van der Waals surface area contributed by atoms with Crippen molar-refractivity contribution in [1.29, 1.82) is 0 Å². The van der Waals surface area contributed by atoms with Crippen molar-refractivity contribution in [2.75, 3.05) is 18.5 Å². The lowest BCUT2D eigenvalue weighted by molar-refractivity contribution is 0.156. The van der Waals surface area contributed by atoms with Crippen molar-refractivity contribution in [1.82, 2.24) is 14.8 Å². The van der Waals surface area contributed by atoms with Crippen LogP contribution in [-0.4, -0.2) is 34.8 Å². The van der Waals surface area contributed by atoms with Crippen LogP contribution in [0.4, 0.5) is 14.7 Å². The van der Waals surface area contributed by atoms with E-state index in [0.717, 1.165) is 0 Å². The van der Waals surface area contributed by atoms with Crippen molar-refractivity contribution < 1.29 is 8.78 Å². The third-order valence-corrected chi connectivity index (χ3v) is 1.97. The predicted octanol–water partition coefficient (Wildman–Crippen LogP) is 1.18. The van der Waals surface area contributed by atoms with Gasteiger partial charge in [0, 0.05) is 14.1 Å². The number of rotatable bonds is 3. The third kappa shape index (κ3) is 2.24. The van der Waals surface area contributed by atoms with Crippen LogP contribution in [0, 0.1) is 4.77 Å². The van der Waals surface area contributed by atoms with Crippen molar-refractivity contribution in [2.24, 2.45) is 7.05 Å². The molecule has 0 aliphatic heterocycles. The molecule has 0 aliphatic carbocycles. The monoisotopic (exact) mass is 208 g/mol. The zero-order chi connectivity index (χ0) is 10.0. The van der Waals surface area contributed by atoms with Crippen LogP contribution in [0.5, 0.6) is 0 Å². The summed E-state index contributed by atoms with van der Waals surface area (Å²) in [6.07, 6.45) is -2.38. The minimum atomic E-state index is -2.38. The largest absolute Gasteiger partial charge is 0.338 e. The molecule has 0 amide bonds. The number of hydrogen-bond acceptors (Lipinski definition) is 3. The smallest absolute Gasteiger partial charge is 0.255 e. The number of hydrogen-bond donors (Lipinski definition) is 1. The number of aromatic amines is 1. The topological polar surface area (TPSA) is 36.9 Å². The molecule has 0 aromatic carbocycles. The second kappa shape index (κ2) is 3.82. The first kappa shape index (κ1) is 10.1. The molecule has 0 saturated heterocycles. The molecule has 0 atom stereocenters. The lowest BCUT2D eigenvalue weighted by Crippen LogP contribution is -2.26. The Morgan fingerprint density at radius 2 is 2.31 bits per heavy atom. The summed E-state index contributed by atoms with van der Waals surface area (Å²) < 4.78 is 25.9. The van der Waals surface area contributed by atoms with E-state index >= 15 is 0 Å². The van der Waals surface area contributed by atoms with Gasteiger partial charge in [0.15, 0.2) is 4.77 Å². The molecule has 0 spiro atoms. The molecule has 4 nitrogen and oxygen atoms in total. The maximum absolute atomic E-state index is 12.0. The van der Waals surface area contributed by atoms with Crippen LogP contribution < -0.4 is 4.90 Å². The van der Waals surface area contributed by atoms with Crippen LogP contribution in [0.25, 0.3) is 0 Å². The highest BCUT2D eigenvalue weighted by Crippen LogP contribution is 2.08. The Labute approximate surface area is 79.2 Å². The first-order valence-corrected chi connectivity index (χ1v) is 4.04. The molecular formula is C6H10F2N4S. The van der Waals surface area contributed by atoms with Gasteiger partial charge in [0.1, 0.15) is 0 Å². The molecule has 0 aliphatic rings. The zero-order valence-electron chi connectivity index (χ0n) is 7.29. The Kier molecular flexibility index (Phi) is 2.97. The Bertz CT molecular complexity index is 332. The fraction of sp³-hybridized carbons (Fsp3) is 0.667. The van der Waals surface area contributed by atoms with E-state index in [0.29, 0.717) is 10.7 Å². The first-order chi connectivity index (χ1) is 6.02. The summed E-state index contributed by atoms with van der Waals surface area (Å²) in [7, 11) is 3.21. The Hall–Kier alpha value is -0.980. The van der Waals surface area contributed by atoms with Gasteiger partial charge in [-0.25, -0.2) is 13.9 Å². The molecule has 74 valence electrons. The summed E-state index contributed by atoms with van der Waals surface area (Å²) in [5.41, 5.74) is 0. The lowest BCUT2D eigenvalue weighted by Gasteiger charge is -2.16. The fourth-order valence-corrected chi connectivity index (χ4v) is 1.10. The van der Waals surface area contributed by atoms with Crippen LogP contribution in [-0.2, 0) is 7.05 Å². The quantitative estimate of drug-likeness (QED) is 0.758. The Morgan fingerprint density at radius 3 is 2.69 bits per heavy atom. The van der Waals surface area contributed by atoms with Gasteiger partial charge in [-0.05, 0) is 12.2 Å². The average molecular weight is 208 g/mol. The van der Waals surface area contributed by atoms with Crippen LogP contribution in [0.1, 0.15) is 0 Å². The minimum Gasteiger partial charge on any atom is -0.338 e. The van der Waals surface area contributed by atoms with Gasteiger partial charge in [-0.1, -0.05) is 0 Å². The third-order valence-electron chi connectivity index (χ3n) is 1.61. The Balaban J connectivity index is 2.83. The predicted molar refractivity (Wildman–Crippen MR) is 47.7 cm³/mol. The van der Waals surface area contributed by atoms with Gasteiger partial charge in [-0.2, -0.15) is 0 Å². The summed E-state index contributed by atoms with van der Waals surface area (Å²) in [5.74, 6) is 0.408. The molecule has 0 bridgehead atoms. The second-order valence-corrected chi connectivity index (χ2v) is 3.05. The van der Waals surface area contributed by atoms with E-state index in [1.54, 1.807) is 7.05 Å². The van der Waals surface area contributed by atoms with E-state index in [1.807, 2.05) is 0 Å². The van der Waals surface area contributed by atoms with Crippen LogP contribution in [0.2, 0.25) is 0 Å². The van der Waals surface area contributed by atoms with Gasteiger partial charge >= 0.3 is 0 Å². The molecule has 0 fully saturated rings. The number of anilines is 1. The molecule has 0 unspecified atom stereocenters. The van der Waals surface area contributed by atoms with Gasteiger partial charge in [0.25, 0.3) is 6.43 Å². The van der Waals surface area contributed by atoms with Gasteiger partial charge in [-0.15, -0.1) is 5.10 Å². The van der Waals surface area contributed by atoms with E-state index in [-0.39, 0.29) is 6.54 Å². The van der Waals surface area contributed by atoms with Gasteiger partial charge in [0.2, 0.25) is 5.95 Å². The van der Waals surface area contributed by atoms with Crippen molar-refractivity contribution >= 4 is 18.2 Å². The number of halogens is 2. The van der Waals surface area contributed by atoms with Crippen molar-refractivity contribution in [2.45, 2.75) is 6.43 Å². The Morgan fingerprint density at radius 1 is 1.69 bits per heavy atom. The lowest BCUT2D eigenvalue weighted by atomic mass is 10.6. The highest BCUT2D eigenvalue weighted by molar-refractivity contribution is 7.71. The fourth-order valence-electron chi connectivity index (χ4n) is 0.969. The highest BCUT2D eigenvalue weighted by atomic mass is 32.1. The standard InChI is InChI=1S/C6H10F2N4S/c1-11(3-4(7)8)5-9-10-6(13)12(5)2/h4H,3H2,1-2H3,(H,10,13). The van der Waals surface area contributed by atoms with Crippen LogP contribution >= 0.6 is 12.2 Å². The van der Waals surface area contributed by atoms with E-state index in [2.05, 4.69) is 10.2 Å². The van der Waals surface area contributed by atoms with Crippen molar-refractivity contribution in [3.8, 4) is 0 Å². The summed E-state index contributed by atoms with van der Waals surface area (Å²) in [5, 5.41) is 6.33. The van der Waals surface area contributed by atoms with E-state index in [1.165, 1.54) is 16.5 Å². The number of aromatic nitrogens is 3. The molecule has 1 heterocycles. The second-order valence-electron chi connectivity index (χ2n) is 2.66. The molecular weight excluding hydrogens is 198 g/mol. The van der Waals surface area contributed by atoms with Gasteiger partial charge in [-0.3, -0.25) is 4.57 Å². The van der Waals surface area contributed by atoms with Gasteiger partial charge < -0.3 is 4.90 Å². The molecule has 7 heteroatoms. The number of nitrogens with one attached hydrogen (secondary N) is 1. The van der Waals surface area contributed by atoms with Gasteiger partial charge in [0.05, 0.1) is 6.54 Å². The molecule has 0 saturated carbocycles. The van der Waals surface area contributed by atoms with E-state index in [9.17, 15) is 8.78 Å².